The Morgan fingerprint density at radius 1 is 0.850 bits per heavy atom. The van der Waals surface area contributed by atoms with Crippen molar-refractivity contribution in [2.45, 2.75) is 97.8 Å². The summed E-state index contributed by atoms with van der Waals surface area (Å²) in [6, 6.07) is 0. The summed E-state index contributed by atoms with van der Waals surface area (Å²) in [6.07, 6.45) is 14.7. The van der Waals surface area contributed by atoms with Crippen LogP contribution in [0.5, 0.6) is 0 Å². The van der Waals surface area contributed by atoms with Gasteiger partial charge in [0.2, 0.25) is 0 Å². The SMILES string of the molecule is CCCCCC(C)(CCCC)CCCCCC(=O)OC. The van der Waals surface area contributed by atoms with E-state index in [1.807, 2.05) is 0 Å². The van der Waals surface area contributed by atoms with Crippen LogP contribution in [0.4, 0.5) is 0 Å². The van der Waals surface area contributed by atoms with Gasteiger partial charge in [-0.1, -0.05) is 65.7 Å². The minimum atomic E-state index is -0.0679. The molecule has 2 nitrogen and oxygen atoms in total. The lowest BCUT2D eigenvalue weighted by Gasteiger charge is -2.30. The van der Waals surface area contributed by atoms with E-state index in [-0.39, 0.29) is 5.97 Å². The first-order chi connectivity index (χ1) is 9.58. The lowest BCUT2D eigenvalue weighted by molar-refractivity contribution is -0.140. The van der Waals surface area contributed by atoms with Gasteiger partial charge >= 0.3 is 5.97 Å². The Labute approximate surface area is 126 Å². The Balaban J connectivity index is 3.92. The molecule has 0 bridgehead atoms. The third-order valence-corrected chi connectivity index (χ3v) is 4.41. The zero-order chi connectivity index (χ0) is 15.3. The molecule has 0 saturated heterocycles. The molecule has 0 aliphatic rings. The maximum absolute atomic E-state index is 11.1. The zero-order valence-corrected chi connectivity index (χ0v) is 14.3. The molecule has 0 heterocycles. The van der Waals surface area contributed by atoms with Gasteiger partial charge in [0.15, 0.2) is 0 Å². The third-order valence-electron chi connectivity index (χ3n) is 4.41. The van der Waals surface area contributed by atoms with Crippen molar-refractivity contribution >= 4 is 5.97 Å². The predicted octanol–water partition coefficient (Wildman–Crippen LogP) is 5.89. The van der Waals surface area contributed by atoms with Gasteiger partial charge in [-0.15, -0.1) is 0 Å². The number of esters is 1. The Morgan fingerprint density at radius 2 is 1.40 bits per heavy atom. The average Bonchev–Trinajstić information content (AvgIpc) is 2.45. The van der Waals surface area contributed by atoms with Crippen molar-refractivity contribution in [2.24, 2.45) is 5.41 Å². The average molecular weight is 284 g/mol. The molecule has 0 aliphatic heterocycles. The highest BCUT2D eigenvalue weighted by atomic mass is 16.5. The highest BCUT2D eigenvalue weighted by Gasteiger charge is 2.22. The van der Waals surface area contributed by atoms with Gasteiger partial charge in [-0.05, 0) is 31.1 Å². The molecular weight excluding hydrogens is 248 g/mol. The smallest absolute Gasteiger partial charge is 0.305 e. The van der Waals surface area contributed by atoms with Gasteiger partial charge in [0.1, 0.15) is 0 Å². The second-order valence-electron chi connectivity index (χ2n) is 6.51. The summed E-state index contributed by atoms with van der Waals surface area (Å²) >= 11 is 0. The van der Waals surface area contributed by atoms with E-state index in [9.17, 15) is 4.79 Å². The van der Waals surface area contributed by atoms with E-state index in [0.29, 0.717) is 11.8 Å². The fourth-order valence-corrected chi connectivity index (χ4v) is 2.88. The number of rotatable bonds is 13. The summed E-state index contributed by atoms with van der Waals surface area (Å²) in [5.74, 6) is -0.0679. The van der Waals surface area contributed by atoms with Crippen LogP contribution in [0.25, 0.3) is 0 Å². The van der Waals surface area contributed by atoms with E-state index in [4.69, 9.17) is 0 Å². The van der Waals surface area contributed by atoms with Gasteiger partial charge in [0.05, 0.1) is 7.11 Å². The lowest BCUT2D eigenvalue weighted by atomic mass is 9.76. The van der Waals surface area contributed by atoms with E-state index in [2.05, 4.69) is 25.5 Å². The van der Waals surface area contributed by atoms with Crippen LogP contribution in [0, 0.1) is 5.41 Å². The second kappa shape index (κ2) is 12.2. The maximum Gasteiger partial charge on any atom is 0.305 e. The number of carbonyl (C=O) groups excluding carboxylic acids is 1. The topological polar surface area (TPSA) is 26.3 Å². The van der Waals surface area contributed by atoms with Crippen molar-refractivity contribution in [3.63, 3.8) is 0 Å². The molecule has 0 rings (SSSR count). The summed E-state index contributed by atoms with van der Waals surface area (Å²) in [6.45, 7) is 7.03. The van der Waals surface area contributed by atoms with Crippen LogP contribution < -0.4 is 0 Å². The standard InChI is InChI=1S/C18H36O2/c1-5-7-11-15-18(3,14-8-6-2)16-12-9-10-13-17(19)20-4/h5-16H2,1-4H3. The van der Waals surface area contributed by atoms with Gasteiger partial charge in [0, 0.05) is 6.42 Å². The summed E-state index contributed by atoms with van der Waals surface area (Å²) < 4.78 is 4.68. The van der Waals surface area contributed by atoms with Gasteiger partial charge in [0.25, 0.3) is 0 Å². The molecule has 0 saturated carbocycles. The summed E-state index contributed by atoms with van der Waals surface area (Å²) in [4.78, 5) is 11.1. The quantitative estimate of drug-likeness (QED) is 0.311. The van der Waals surface area contributed by atoms with E-state index >= 15 is 0 Å². The van der Waals surface area contributed by atoms with Crippen LogP contribution in [0.1, 0.15) is 97.8 Å². The van der Waals surface area contributed by atoms with Crippen LogP contribution in [-0.4, -0.2) is 13.1 Å². The molecule has 0 amide bonds. The largest absolute Gasteiger partial charge is 0.469 e. The second-order valence-corrected chi connectivity index (χ2v) is 6.51. The third kappa shape index (κ3) is 10.3. The van der Waals surface area contributed by atoms with E-state index in [1.54, 1.807) is 0 Å². The highest BCUT2D eigenvalue weighted by molar-refractivity contribution is 5.68. The molecule has 0 N–H and O–H groups in total. The molecule has 2 heteroatoms. The fourth-order valence-electron chi connectivity index (χ4n) is 2.88. The molecule has 1 unspecified atom stereocenters. The van der Waals surface area contributed by atoms with Crippen LogP contribution in [0.2, 0.25) is 0 Å². The van der Waals surface area contributed by atoms with Gasteiger partial charge in [-0.3, -0.25) is 4.79 Å². The Kier molecular flexibility index (Phi) is 11.9. The summed E-state index contributed by atoms with van der Waals surface area (Å²) in [5.41, 5.74) is 0.524. The van der Waals surface area contributed by atoms with E-state index in [0.717, 1.165) is 12.8 Å². The minimum absolute atomic E-state index is 0.0679. The first-order valence-electron chi connectivity index (χ1n) is 8.64. The molecule has 120 valence electrons. The van der Waals surface area contributed by atoms with Crippen LogP contribution in [0.15, 0.2) is 0 Å². The van der Waals surface area contributed by atoms with Crippen molar-refractivity contribution in [3.8, 4) is 0 Å². The number of ether oxygens (including phenoxy) is 1. The summed E-state index contributed by atoms with van der Waals surface area (Å²) in [5, 5.41) is 0. The fraction of sp³-hybridized carbons (Fsp3) is 0.944. The van der Waals surface area contributed by atoms with Gasteiger partial charge < -0.3 is 4.74 Å². The molecule has 0 aromatic rings. The molecule has 0 aromatic carbocycles. The highest BCUT2D eigenvalue weighted by Crippen LogP contribution is 2.36. The molecule has 0 fully saturated rings. The molecule has 20 heavy (non-hydrogen) atoms. The molecule has 0 aliphatic carbocycles. The van der Waals surface area contributed by atoms with Crippen molar-refractivity contribution < 1.29 is 9.53 Å². The monoisotopic (exact) mass is 284 g/mol. The van der Waals surface area contributed by atoms with Crippen molar-refractivity contribution in [1.82, 2.24) is 0 Å². The first kappa shape index (κ1) is 19.5. The Bertz CT molecular complexity index is 238. The van der Waals surface area contributed by atoms with Crippen molar-refractivity contribution in [2.75, 3.05) is 7.11 Å². The number of methoxy groups -OCH3 is 1. The van der Waals surface area contributed by atoms with Crippen molar-refractivity contribution in [1.29, 1.82) is 0 Å². The molecule has 0 radical (unpaired) electrons. The normalized spacial score (nSPS) is 14.0. The van der Waals surface area contributed by atoms with Crippen LogP contribution >= 0.6 is 0 Å². The Hall–Kier alpha value is -0.530. The van der Waals surface area contributed by atoms with E-state index in [1.165, 1.54) is 64.9 Å². The zero-order valence-electron chi connectivity index (χ0n) is 14.3. The van der Waals surface area contributed by atoms with E-state index < -0.39 is 0 Å². The number of unbranched alkanes of at least 4 members (excludes halogenated alkanes) is 5. The van der Waals surface area contributed by atoms with Gasteiger partial charge in [-0.2, -0.15) is 0 Å². The number of hydrogen-bond donors (Lipinski definition) is 0. The Morgan fingerprint density at radius 3 is 1.95 bits per heavy atom. The minimum Gasteiger partial charge on any atom is -0.469 e. The predicted molar refractivity (Wildman–Crippen MR) is 86.9 cm³/mol. The number of carbonyl (C=O) groups is 1. The van der Waals surface area contributed by atoms with Crippen LogP contribution in [-0.2, 0) is 9.53 Å². The number of hydrogen-bond acceptors (Lipinski definition) is 2. The van der Waals surface area contributed by atoms with Crippen LogP contribution in [0.3, 0.4) is 0 Å². The van der Waals surface area contributed by atoms with Gasteiger partial charge in [-0.25, -0.2) is 0 Å². The molecule has 0 aromatic heterocycles. The molecule has 0 spiro atoms. The summed E-state index contributed by atoms with van der Waals surface area (Å²) in [7, 11) is 1.47. The maximum atomic E-state index is 11.1. The van der Waals surface area contributed by atoms with Crippen molar-refractivity contribution in [3.05, 3.63) is 0 Å². The molecule has 1 atom stereocenters. The molecular formula is C18H36O2. The lowest BCUT2D eigenvalue weighted by Crippen LogP contribution is -2.16. The first-order valence-corrected chi connectivity index (χ1v) is 8.64.